The number of rotatable bonds is 4. The number of H-pyrrole nitrogens is 1. The molecule has 3 aliphatic carbocycles. The zero-order valence-corrected chi connectivity index (χ0v) is 24.0. The average Bonchev–Trinajstić information content (AvgIpc) is 3.51. The highest BCUT2D eigenvalue weighted by Gasteiger charge is 2.58. The van der Waals surface area contributed by atoms with Crippen LogP contribution in [0.5, 0.6) is 0 Å². The maximum Gasteiger partial charge on any atom is 0.256 e. The molecule has 3 fully saturated rings. The van der Waals surface area contributed by atoms with Crippen molar-refractivity contribution in [1.82, 2.24) is 29.5 Å². The number of nitrogens with zero attached hydrogens (tertiary/aromatic N) is 5. The van der Waals surface area contributed by atoms with Gasteiger partial charge in [-0.15, -0.1) is 0 Å². The summed E-state index contributed by atoms with van der Waals surface area (Å²) in [4.78, 5) is 38.0. The number of imidazole rings is 1. The lowest BCUT2D eigenvalue weighted by molar-refractivity contribution is -0.126. The molecule has 10 heteroatoms. The molecule has 4 aromatic rings. The molecule has 0 spiro atoms. The number of nitrogens with one attached hydrogen (secondary N) is 1. The smallest absolute Gasteiger partial charge is 0.256 e. The van der Waals surface area contributed by atoms with Gasteiger partial charge in [0.25, 0.3) is 5.91 Å². The molecule has 0 radical (unpaired) electrons. The van der Waals surface area contributed by atoms with Gasteiger partial charge in [-0.3, -0.25) is 9.59 Å². The Labute approximate surface area is 244 Å². The predicted octanol–water partition coefficient (Wildman–Crippen LogP) is 5.01. The minimum absolute atomic E-state index is 0.0447. The van der Waals surface area contributed by atoms with Crippen molar-refractivity contribution in [3.8, 4) is 5.69 Å². The Balaban J connectivity index is 1.21. The lowest BCUT2D eigenvalue weighted by Crippen LogP contribution is -2.55. The van der Waals surface area contributed by atoms with Gasteiger partial charge < -0.3 is 14.8 Å². The number of fused-ring (bicyclic) bond motifs is 1. The summed E-state index contributed by atoms with van der Waals surface area (Å²) in [6.45, 7) is 4.92. The third kappa shape index (κ3) is 3.55. The maximum absolute atomic E-state index is 15.5. The van der Waals surface area contributed by atoms with Crippen molar-refractivity contribution in [1.29, 1.82) is 0 Å². The fraction of sp³-hybridized carbons (Fsp3) is 0.355. The first-order chi connectivity index (χ1) is 19.9. The van der Waals surface area contributed by atoms with Crippen LogP contribution in [0.25, 0.3) is 16.7 Å². The van der Waals surface area contributed by atoms with Crippen LogP contribution in [-0.2, 0) is 23.1 Å². The molecule has 41 heavy (non-hydrogen) atoms. The van der Waals surface area contributed by atoms with Gasteiger partial charge in [-0.2, -0.15) is 5.10 Å². The zero-order chi connectivity index (χ0) is 28.0. The van der Waals surface area contributed by atoms with Crippen molar-refractivity contribution in [2.24, 2.45) is 5.92 Å². The van der Waals surface area contributed by atoms with E-state index in [0.29, 0.717) is 54.8 Å². The van der Waals surface area contributed by atoms with Gasteiger partial charge >= 0.3 is 0 Å². The number of amides is 2. The molecular formula is C31H28BrFN6O2. The van der Waals surface area contributed by atoms with Crippen molar-refractivity contribution in [2.45, 2.75) is 43.6 Å². The van der Waals surface area contributed by atoms with Gasteiger partial charge in [0.15, 0.2) is 0 Å². The van der Waals surface area contributed by atoms with Crippen LogP contribution in [-0.4, -0.2) is 61.0 Å². The molecule has 1 atom stereocenters. The van der Waals surface area contributed by atoms with Gasteiger partial charge in [0, 0.05) is 42.5 Å². The van der Waals surface area contributed by atoms with Gasteiger partial charge in [0.05, 0.1) is 40.5 Å². The SMILES string of the molecule is C=CC(=O)N1CCc2nn(-c3ccc(C45CC(C4)C5)c(F)c3)c3c2C(C1)N(C(=O)c1ccc(Br)c2nc[nH]c12)CC3. The van der Waals surface area contributed by atoms with Gasteiger partial charge in [-0.05, 0) is 82.4 Å². The van der Waals surface area contributed by atoms with E-state index in [1.807, 2.05) is 27.8 Å². The summed E-state index contributed by atoms with van der Waals surface area (Å²) >= 11 is 3.52. The Morgan fingerprint density at radius 1 is 1.15 bits per heavy atom. The van der Waals surface area contributed by atoms with E-state index < -0.39 is 6.04 Å². The first kappa shape index (κ1) is 25.0. The summed E-state index contributed by atoms with van der Waals surface area (Å²) in [6.07, 6.45) is 7.30. The van der Waals surface area contributed by atoms with E-state index in [1.165, 1.54) is 6.08 Å². The molecule has 0 saturated heterocycles. The summed E-state index contributed by atoms with van der Waals surface area (Å²) in [6, 6.07) is 8.79. The van der Waals surface area contributed by atoms with E-state index in [1.54, 1.807) is 23.4 Å². The lowest BCUT2D eigenvalue weighted by Gasteiger charge is -2.62. The molecule has 9 rings (SSSR count). The van der Waals surface area contributed by atoms with E-state index in [-0.39, 0.29) is 23.0 Å². The molecule has 4 heterocycles. The van der Waals surface area contributed by atoms with Crippen LogP contribution in [0.4, 0.5) is 4.39 Å². The van der Waals surface area contributed by atoms with Crippen LogP contribution in [0.3, 0.4) is 0 Å². The van der Waals surface area contributed by atoms with E-state index >= 15 is 4.39 Å². The third-order valence-electron chi connectivity index (χ3n) is 9.72. The summed E-state index contributed by atoms with van der Waals surface area (Å²) < 4.78 is 18.1. The minimum Gasteiger partial charge on any atom is -0.344 e. The standard InChI is InChI=1S/C31H28BrFN6O2/c1-2-26(40)37-9-7-23-27-24(39(36-23)18-3-5-20(22(33)11-18)31-12-17(13-31)14-31)8-10-38(25(27)15-37)30(41)19-4-6-21(32)29-28(19)34-16-35-29/h2-6,11,16-17,25H,1,7-10,12-15H2,(H,34,35). The zero-order valence-electron chi connectivity index (χ0n) is 22.4. The normalized spacial score (nSPS) is 24.3. The summed E-state index contributed by atoms with van der Waals surface area (Å²) in [5.74, 6) is 0.304. The number of carbonyl (C=O) groups excluding carboxylic acids is 2. The predicted molar refractivity (Wildman–Crippen MR) is 154 cm³/mol. The number of aromatic amines is 1. The molecule has 208 valence electrons. The van der Waals surface area contributed by atoms with E-state index in [4.69, 9.17) is 5.10 Å². The first-order valence-corrected chi connectivity index (χ1v) is 14.9. The average molecular weight is 616 g/mol. The summed E-state index contributed by atoms with van der Waals surface area (Å²) in [5, 5.41) is 4.98. The topological polar surface area (TPSA) is 87.1 Å². The molecule has 5 aliphatic rings. The highest BCUT2D eigenvalue weighted by molar-refractivity contribution is 9.10. The Bertz CT molecular complexity index is 1780. The van der Waals surface area contributed by atoms with E-state index in [9.17, 15) is 9.59 Å². The second-order valence-electron chi connectivity index (χ2n) is 11.9. The van der Waals surface area contributed by atoms with Gasteiger partial charge in [0.2, 0.25) is 5.91 Å². The Kier molecular flexibility index (Phi) is 5.39. The molecule has 2 aromatic heterocycles. The maximum atomic E-state index is 15.5. The lowest BCUT2D eigenvalue weighted by atomic mass is 9.42. The van der Waals surface area contributed by atoms with Gasteiger partial charge in [-0.1, -0.05) is 12.6 Å². The van der Waals surface area contributed by atoms with Crippen LogP contribution in [0.15, 0.2) is 53.8 Å². The fourth-order valence-electron chi connectivity index (χ4n) is 7.59. The molecule has 2 aliphatic heterocycles. The molecule has 3 saturated carbocycles. The molecule has 2 bridgehead atoms. The first-order valence-electron chi connectivity index (χ1n) is 14.1. The van der Waals surface area contributed by atoms with Crippen molar-refractivity contribution in [3.05, 3.63) is 87.7 Å². The van der Waals surface area contributed by atoms with Crippen LogP contribution >= 0.6 is 15.9 Å². The van der Waals surface area contributed by atoms with Crippen molar-refractivity contribution < 1.29 is 14.0 Å². The highest BCUT2D eigenvalue weighted by Crippen LogP contribution is 2.65. The Morgan fingerprint density at radius 2 is 1.98 bits per heavy atom. The number of hydrogen-bond acceptors (Lipinski definition) is 4. The second-order valence-corrected chi connectivity index (χ2v) is 12.7. The molecule has 8 nitrogen and oxygen atoms in total. The highest BCUT2D eigenvalue weighted by atomic mass is 79.9. The molecule has 1 unspecified atom stereocenters. The monoisotopic (exact) mass is 614 g/mol. The van der Waals surface area contributed by atoms with Crippen molar-refractivity contribution in [2.75, 3.05) is 19.6 Å². The van der Waals surface area contributed by atoms with Crippen molar-refractivity contribution >= 4 is 38.8 Å². The van der Waals surface area contributed by atoms with Crippen LogP contribution in [0.2, 0.25) is 0 Å². The van der Waals surface area contributed by atoms with Crippen LogP contribution < -0.4 is 0 Å². The third-order valence-corrected chi connectivity index (χ3v) is 10.4. The van der Waals surface area contributed by atoms with Crippen LogP contribution in [0, 0.1) is 11.7 Å². The number of halogens is 2. The quantitative estimate of drug-likeness (QED) is 0.327. The second kappa shape index (κ2) is 8.85. The van der Waals surface area contributed by atoms with Gasteiger partial charge in [0.1, 0.15) is 11.3 Å². The fourth-order valence-corrected chi connectivity index (χ4v) is 8.02. The summed E-state index contributed by atoms with van der Waals surface area (Å²) in [5.41, 5.74) is 6.23. The Hall–Kier alpha value is -3.79. The van der Waals surface area contributed by atoms with E-state index in [2.05, 4.69) is 32.5 Å². The number of benzene rings is 2. The molecule has 1 N–H and O–H groups in total. The van der Waals surface area contributed by atoms with Gasteiger partial charge in [-0.25, -0.2) is 14.1 Å². The van der Waals surface area contributed by atoms with E-state index in [0.717, 1.165) is 52.2 Å². The Morgan fingerprint density at radius 3 is 2.71 bits per heavy atom. The number of carbonyl (C=O) groups is 2. The molecule has 2 amide bonds. The molecule has 2 aromatic carbocycles. The molecular weight excluding hydrogens is 587 g/mol. The van der Waals surface area contributed by atoms with Crippen LogP contribution in [0.1, 0.15) is 58.2 Å². The minimum atomic E-state index is -0.395. The summed E-state index contributed by atoms with van der Waals surface area (Å²) in [7, 11) is 0. The number of hydrogen-bond donors (Lipinski definition) is 1. The number of aromatic nitrogens is 4. The largest absolute Gasteiger partial charge is 0.344 e. The van der Waals surface area contributed by atoms with Crippen molar-refractivity contribution in [3.63, 3.8) is 0 Å².